The van der Waals surface area contributed by atoms with Gasteiger partial charge in [-0.15, -0.1) is 0 Å². The van der Waals surface area contributed by atoms with Crippen molar-refractivity contribution in [2.24, 2.45) is 0 Å². The number of rotatable bonds is 6. The third-order valence-corrected chi connectivity index (χ3v) is 7.68. The second kappa shape index (κ2) is 9.67. The molecule has 5 nitrogen and oxygen atoms in total. The second-order valence-electron chi connectivity index (χ2n) is 9.42. The fraction of sp³-hybridized carbons (Fsp3) is 0.333. The van der Waals surface area contributed by atoms with Crippen LogP contribution in [0, 0.1) is 0 Å². The van der Waals surface area contributed by atoms with Crippen LogP contribution in [0.1, 0.15) is 43.7 Å². The monoisotopic (exact) mass is 467 g/mol. The van der Waals surface area contributed by atoms with Crippen molar-refractivity contribution in [3.05, 3.63) is 102 Å². The summed E-state index contributed by atoms with van der Waals surface area (Å²) in [6.07, 6.45) is 3.08. The lowest BCUT2D eigenvalue weighted by atomic mass is 9.60. The van der Waals surface area contributed by atoms with Gasteiger partial charge in [-0.05, 0) is 36.1 Å². The number of benzene rings is 3. The lowest BCUT2D eigenvalue weighted by Gasteiger charge is -2.61. The Morgan fingerprint density at radius 1 is 0.857 bits per heavy atom. The second-order valence-corrected chi connectivity index (χ2v) is 9.42. The third-order valence-electron chi connectivity index (χ3n) is 7.68. The van der Waals surface area contributed by atoms with Gasteiger partial charge in [-0.1, -0.05) is 85.8 Å². The van der Waals surface area contributed by atoms with Crippen LogP contribution in [0.3, 0.4) is 0 Å². The minimum Gasteiger partial charge on any atom is -0.355 e. The number of carbonyl (C=O) groups is 2. The molecule has 0 bridgehead atoms. The van der Waals surface area contributed by atoms with Gasteiger partial charge in [-0.3, -0.25) is 19.4 Å². The van der Waals surface area contributed by atoms with Crippen molar-refractivity contribution in [2.45, 2.75) is 43.7 Å². The first-order chi connectivity index (χ1) is 17.2. The molecule has 1 unspecified atom stereocenters. The summed E-state index contributed by atoms with van der Waals surface area (Å²) in [5, 5.41) is 3.21. The van der Waals surface area contributed by atoms with E-state index in [0.717, 1.165) is 42.7 Å². The molecular formula is C30H33N3O2. The first kappa shape index (κ1) is 23.3. The van der Waals surface area contributed by atoms with Crippen molar-refractivity contribution in [3.63, 3.8) is 0 Å². The van der Waals surface area contributed by atoms with Gasteiger partial charge in [-0.2, -0.15) is 0 Å². The summed E-state index contributed by atoms with van der Waals surface area (Å²) in [7, 11) is 0. The number of likely N-dealkylation sites (tertiary alicyclic amines) is 1. The molecule has 2 aliphatic rings. The number of hydrogen-bond donors (Lipinski definition) is 1. The van der Waals surface area contributed by atoms with Gasteiger partial charge in [0.15, 0.2) is 0 Å². The van der Waals surface area contributed by atoms with Crippen molar-refractivity contribution < 1.29 is 9.59 Å². The van der Waals surface area contributed by atoms with Gasteiger partial charge in [-0.25, -0.2) is 0 Å². The number of para-hydroxylation sites is 1. The predicted molar refractivity (Wildman–Crippen MR) is 139 cm³/mol. The molecule has 1 N–H and O–H groups in total. The van der Waals surface area contributed by atoms with E-state index < -0.39 is 11.1 Å². The Hall–Kier alpha value is -3.44. The van der Waals surface area contributed by atoms with Gasteiger partial charge < -0.3 is 5.32 Å². The average Bonchev–Trinajstić information content (AvgIpc) is 3.46. The Bertz CT molecular complexity index is 1120. The molecule has 35 heavy (non-hydrogen) atoms. The Labute approximate surface area is 207 Å². The molecule has 0 aromatic heterocycles. The number of hydrogen-bond acceptors (Lipinski definition) is 3. The van der Waals surface area contributed by atoms with Gasteiger partial charge in [0.2, 0.25) is 11.8 Å². The standard InChI is InChI=1S/C30H33N3O2/c1-2-27(34)33(26-18-10-5-11-19-26)29(32-22-12-13-23-32)20-21-31-28(35)30(29,24-14-6-3-7-15-24)25-16-8-4-9-17-25/h3-11,14-19H,2,12-13,20-23H2,1H3,(H,31,35). The van der Waals surface area contributed by atoms with E-state index in [0.29, 0.717) is 19.4 Å². The summed E-state index contributed by atoms with van der Waals surface area (Å²) in [5.74, 6) is -0.0353. The maximum absolute atomic E-state index is 14.5. The molecule has 3 aromatic carbocycles. The van der Waals surface area contributed by atoms with E-state index >= 15 is 0 Å². The fourth-order valence-corrected chi connectivity index (χ4v) is 6.32. The summed E-state index contributed by atoms with van der Waals surface area (Å²) in [5.41, 5.74) is 0.624. The molecule has 2 fully saturated rings. The van der Waals surface area contributed by atoms with Gasteiger partial charge in [0.1, 0.15) is 11.1 Å². The first-order valence-corrected chi connectivity index (χ1v) is 12.7. The van der Waals surface area contributed by atoms with Crippen LogP contribution in [0.25, 0.3) is 0 Å². The normalized spacial score (nSPS) is 21.9. The van der Waals surface area contributed by atoms with E-state index in [1.807, 2.05) is 103 Å². The molecule has 0 spiro atoms. The number of nitrogens with zero attached hydrogens (tertiary/aromatic N) is 2. The van der Waals surface area contributed by atoms with Crippen LogP contribution in [-0.4, -0.2) is 42.0 Å². The van der Waals surface area contributed by atoms with Crippen LogP contribution in [-0.2, 0) is 15.0 Å². The highest BCUT2D eigenvalue weighted by Gasteiger charge is 2.67. The molecule has 2 amide bonds. The van der Waals surface area contributed by atoms with Crippen molar-refractivity contribution in [1.29, 1.82) is 0 Å². The molecule has 5 heteroatoms. The molecule has 0 saturated carbocycles. The largest absolute Gasteiger partial charge is 0.355 e. The summed E-state index contributed by atoms with van der Waals surface area (Å²) in [6, 6.07) is 30.0. The number of carbonyl (C=O) groups excluding carboxylic acids is 2. The number of amides is 2. The maximum Gasteiger partial charge on any atom is 0.239 e. The van der Waals surface area contributed by atoms with E-state index in [9.17, 15) is 9.59 Å². The van der Waals surface area contributed by atoms with Crippen molar-refractivity contribution in [2.75, 3.05) is 24.5 Å². The van der Waals surface area contributed by atoms with E-state index in [1.165, 1.54) is 0 Å². The average molecular weight is 468 g/mol. The molecule has 1 atom stereocenters. The number of piperidine rings is 1. The van der Waals surface area contributed by atoms with Crippen LogP contribution in [0.15, 0.2) is 91.0 Å². The lowest BCUT2D eigenvalue weighted by Crippen LogP contribution is -2.79. The Morgan fingerprint density at radius 3 is 1.89 bits per heavy atom. The number of anilines is 1. The Morgan fingerprint density at radius 2 is 1.37 bits per heavy atom. The van der Waals surface area contributed by atoms with E-state index in [2.05, 4.69) is 10.2 Å². The smallest absolute Gasteiger partial charge is 0.239 e. The quantitative estimate of drug-likeness (QED) is 0.570. The zero-order chi connectivity index (χ0) is 24.3. The summed E-state index contributed by atoms with van der Waals surface area (Å²) in [4.78, 5) is 32.9. The van der Waals surface area contributed by atoms with Gasteiger partial charge in [0.05, 0.1) is 0 Å². The van der Waals surface area contributed by atoms with Crippen molar-refractivity contribution in [3.8, 4) is 0 Å². The molecule has 180 valence electrons. The maximum atomic E-state index is 14.5. The molecule has 0 radical (unpaired) electrons. The Kier molecular flexibility index (Phi) is 6.44. The third kappa shape index (κ3) is 3.57. The van der Waals surface area contributed by atoms with Crippen molar-refractivity contribution >= 4 is 17.5 Å². The van der Waals surface area contributed by atoms with Crippen LogP contribution in [0.4, 0.5) is 5.69 Å². The van der Waals surface area contributed by atoms with Gasteiger partial charge >= 0.3 is 0 Å². The van der Waals surface area contributed by atoms with E-state index in [-0.39, 0.29) is 11.8 Å². The molecule has 2 aliphatic heterocycles. The van der Waals surface area contributed by atoms with Gasteiger partial charge in [0.25, 0.3) is 0 Å². The van der Waals surface area contributed by atoms with E-state index in [1.54, 1.807) is 0 Å². The van der Waals surface area contributed by atoms with Crippen LogP contribution >= 0.6 is 0 Å². The number of nitrogens with one attached hydrogen (secondary N) is 1. The van der Waals surface area contributed by atoms with Crippen LogP contribution < -0.4 is 10.2 Å². The topological polar surface area (TPSA) is 52.7 Å². The van der Waals surface area contributed by atoms with E-state index in [4.69, 9.17) is 0 Å². The summed E-state index contributed by atoms with van der Waals surface area (Å²) >= 11 is 0. The van der Waals surface area contributed by atoms with Gasteiger partial charge in [0, 0.05) is 38.2 Å². The summed E-state index contributed by atoms with van der Waals surface area (Å²) < 4.78 is 0. The molecular weight excluding hydrogens is 434 g/mol. The zero-order valence-electron chi connectivity index (χ0n) is 20.3. The highest BCUT2D eigenvalue weighted by Crippen LogP contribution is 2.53. The summed E-state index contributed by atoms with van der Waals surface area (Å²) in [6.45, 7) is 4.10. The first-order valence-electron chi connectivity index (χ1n) is 12.7. The fourth-order valence-electron chi connectivity index (χ4n) is 6.32. The minimum absolute atomic E-state index is 0.0223. The predicted octanol–water partition coefficient (Wildman–Crippen LogP) is 4.73. The minimum atomic E-state index is -1.11. The van der Waals surface area contributed by atoms with Crippen LogP contribution in [0.5, 0.6) is 0 Å². The molecule has 0 aliphatic carbocycles. The molecule has 2 saturated heterocycles. The zero-order valence-corrected chi connectivity index (χ0v) is 20.3. The Balaban J connectivity index is 1.92. The highest BCUT2D eigenvalue weighted by atomic mass is 16.2. The SMILES string of the molecule is CCC(=O)N(c1ccccc1)C1(N2CCCC2)CCNC(=O)C1(c1ccccc1)c1ccccc1. The molecule has 5 rings (SSSR count). The molecule has 2 heterocycles. The lowest BCUT2D eigenvalue weighted by molar-refractivity contribution is -0.138. The molecule has 3 aromatic rings. The van der Waals surface area contributed by atoms with Crippen molar-refractivity contribution in [1.82, 2.24) is 10.2 Å². The van der Waals surface area contributed by atoms with Crippen LogP contribution in [0.2, 0.25) is 0 Å². The highest BCUT2D eigenvalue weighted by molar-refractivity contribution is 6.01.